The molecule has 0 saturated carbocycles. The lowest BCUT2D eigenvalue weighted by Crippen LogP contribution is -2.48. The maximum atomic E-state index is 12.4. The van der Waals surface area contributed by atoms with Crippen LogP contribution in [0.4, 0.5) is 0 Å². The van der Waals surface area contributed by atoms with Gasteiger partial charge in [0.2, 0.25) is 5.91 Å². The number of piperazine rings is 1. The molecule has 1 saturated heterocycles. The lowest BCUT2D eigenvalue weighted by atomic mass is 10.2. The first-order chi connectivity index (χ1) is 12.1. The van der Waals surface area contributed by atoms with E-state index in [1.807, 2.05) is 17.9 Å². The van der Waals surface area contributed by atoms with Crippen molar-refractivity contribution in [3.8, 4) is 0 Å². The number of nitrogens with zero attached hydrogens (tertiary/aromatic N) is 3. The lowest BCUT2D eigenvalue weighted by molar-refractivity contribution is -0.130. The quantitative estimate of drug-likeness (QED) is 0.794. The molecule has 2 aromatic rings. The van der Waals surface area contributed by atoms with Gasteiger partial charge < -0.3 is 9.42 Å². The summed E-state index contributed by atoms with van der Waals surface area (Å²) < 4.78 is 5.27. The summed E-state index contributed by atoms with van der Waals surface area (Å²) in [5, 5.41) is 3.92. The number of amides is 1. The zero-order chi connectivity index (χ0) is 17.6. The van der Waals surface area contributed by atoms with E-state index in [9.17, 15) is 4.79 Å². The maximum Gasteiger partial charge on any atom is 0.232 e. The van der Waals surface area contributed by atoms with Gasteiger partial charge in [-0.05, 0) is 19.4 Å². The molecule has 2 heterocycles. The molecule has 0 atom stereocenters. The number of thioether (sulfide) groups is 1. The van der Waals surface area contributed by atoms with Gasteiger partial charge in [-0.2, -0.15) is 0 Å². The van der Waals surface area contributed by atoms with Gasteiger partial charge in [-0.15, -0.1) is 11.8 Å². The largest absolute Gasteiger partial charge is 0.360 e. The van der Waals surface area contributed by atoms with E-state index < -0.39 is 0 Å². The highest BCUT2D eigenvalue weighted by molar-refractivity contribution is 7.99. The average Bonchev–Trinajstić information content (AvgIpc) is 3.00. The van der Waals surface area contributed by atoms with Gasteiger partial charge in [-0.25, -0.2) is 0 Å². The van der Waals surface area contributed by atoms with Crippen molar-refractivity contribution < 1.29 is 9.32 Å². The smallest absolute Gasteiger partial charge is 0.232 e. The monoisotopic (exact) mass is 359 g/mol. The van der Waals surface area contributed by atoms with E-state index in [1.54, 1.807) is 11.8 Å². The summed E-state index contributed by atoms with van der Waals surface area (Å²) in [5.41, 5.74) is 3.46. The van der Waals surface area contributed by atoms with Crippen molar-refractivity contribution in [1.82, 2.24) is 15.0 Å². The average molecular weight is 359 g/mol. The van der Waals surface area contributed by atoms with Crippen molar-refractivity contribution >= 4 is 17.7 Å². The number of carbonyl (C=O) groups excluding carboxylic acids is 1. The Morgan fingerprint density at radius 3 is 2.68 bits per heavy atom. The normalized spacial score (nSPS) is 15.5. The molecule has 0 bridgehead atoms. The first kappa shape index (κ1) is 18.0. The van der Waals surface area contributed by atoms with E-state index in [2.05, 4.69) is 41.2 Å². The molecule has 0 spiro atoms. The first-order valence-electron chi connectivity index (χ1n) is 8.66. The molecule has 0 radical (unpaired) electrons. The van der Waals surface area contributed by atoms with Crippen LogP contribution < -0.4 is 0 Å². The minimum Gasteiger partial charge on any atom is -0.360 e. The predicted molar refractivity (Wildman–Crippen MR) is 100 cm³/mol. The van der Waals surface area contributed by atoms with Gasteiger partial charge in [0.15, 0.2) is 5.76 Å². The minimum absolute atomic E-state index is 0.243. The van der Waals surface area contributed by atoms with Gasteiger partial charge in [0, 0.05) is 38.0 Å². The van der Waals surface area contributed by atoms with E-state index in [4.69, 9.17) is 4.52 Å². The van der Waals surface area contributed by atoms with Gasteiger partial charge in [-0.1, -0.05) is 35.0 Å². The molecule has 1 amide bonds. The molecule has 6 heteroatoms. The fourth-order valence-electron chi connectivity index (χ4n) is 3.02. The van der Waals surface area contributed by atoms with E-state index in [1.165, 1.54) is 11.1 Å². The van der Waals surface area contributed by atoms with Crippen LogP contribution in [0.25, 0.3) is 0 Å². The van der Waals surface area contributed by atoms with Crippen molar-refractivity contribution in [2.24, 2.45) is 0 Å². The van der Waals surface area contributed by atoms with Crippen LogP contribution in [0.2, 0.25) is 0 Å². The van der Waals surface area contributed by atoms with Crippen molar-refractivity contribution in [1.29, 1.82) is 0 Å². The first-order valence-corrected chi connectivity index (χ1v) is 9.81. The molecule has 1 aliphatic rings. The van der Waals surface area contributed by atoms with Crippen molar-refractivity contribution in [2.45, 2.75) is 26.1 Å². The molecule has 1 aromatic heterocycles. The van der Waals surface area contributed by atoms with Crippen LogP contribution in [0.3, 0.4) is 0 Å². The van der Waals surface area contributed by atoms with Crippen molar-refractivity contribution in [3.05, 3.63) is 52.9 Å². The Morgan fingerprint density at radius 1 is 1.20 bits per heavy atom. The molecule has 1 aliphatic heterocycles. The molecule has 1 fully saturated rings. The third kappa shape index (κ3) is 5.34. The number of benzene rings is 1. The summed E-state index contributed by atoms with van der Waals surface area (Å²) in [4.78, 5) is 16.7. The summed E-state index contributed by atoms with van der Waals surface area (Å²) in [6, 6.07) is 10.4. The van der Waals surface area contributed by atoms with Gasteiger partial charge in [0.1, 0.15) is 0 Å². The Hall–Kier alpha value is -1.79. The Bertz CT molecular complexity index is 708. The topological polar surface area (TPSA) is 49.6 Å². The van der Waals surface area contributed by atoms with Gasteiger partial charge in [-0.3, -0.25) is 9.69 Å². The Labute approximate surface area is 153 Å². The second-order valence-corrected chi connectivity index (χ2v) is 7.56. The molecule has 0 aliphatic carbocycles. The molecule has 25 heavy (non-hydrogen) atoms. The van der Waals surface area contributed by atoms with Gasteiger partial charge >= 0.3 is 0 Å². The SMILES string of the molecule is Cc1cccc(CSCC(=O)N2CCN(Cc3cc(C)no3)CC2)c1. The Morgan fingerprint density at radius 2 is 2.00 bits per heavy atom. The highest BCUT2D eigenvalue weighted by Gasteiger charge is 2.21. The molecule has 134 valence electrons. The van der Waals surface area contributed by atoms with Crippen molar-refractivity contribution in [3.63, 3.8) is 0 Å². The molecule has 1 aromatic carbocycles. The predicted octanol–water partition coefficient (Wildman–Crippen LogP) is 2.87. The Kier molecular flexibility index (Phi) is 6.15. The van der Waals surface area contributed by atoms with E-state index in [-0.39, 0.29) is 5.91 Å². The number of carbonyl (C=O) groups is 1. The van der Waals surface area contributed by atoms with Crippen LogP contribution in [0.15, 0.2) is 34.9 Å². The number of hydrogen-bond donors (Lipinski definition) is 0. The third-order valence-corrected chi connectivity index (χ3v) is 5.35. The van der Waals surface area contributed by atoms with Crippen molar-refractivity contribution in [2.75, 3.05) is 31.9 Å². The molecule has 0 unspecified atom stereocenters. The zero-order valence-corrected chi connectivity index (χ0v) is 15.7. The highest BCUT2D eigenvalue weighted by atomic mass is 32.2. The van der Waals surface area contributed by atoms with Gasteiger partial charge in [0.05, 0.1) is 18.0 Å². The van der Waals surface area contributed by atoms with Crippen LogP contribution >= 0.6 is 11.8 Å². The summed E-state index contributed by atoms with van der Waals surface area (Å²) >= 11 is 1.69. The standard InChI is InChI=1S/C19H25N3O2S/c1-15-4-3-5-17(10-15)13-25-14-19(23)22-8-6-21(7-9-22)12-18-11-16(2)20-24-18/h3-5,10-11H,6-9,12-14H2,1-2H3. The minimum atomic E-state index is 0.243. The molecule has 0 N–H and O–H groups in total. The van der Waals surface area contributed by atoms with Crippen LogP contribution in [0, 0.1) is 13.8 Å². The lowest BCUT2D eigenvalue weighted by Gasteiger charge is -2.34. The number of aromatic nitrogens is 1. The van der Waals surface area contributed by atoms with Crippen LogP contribution in [-0.4, -0.2) is 52.8 Å². The van der Waals surface area contributed by atoms with E-state index in [0.717, 1.165) is 49.9 Å². The second-order valence-electron chi connectivity index (χ2n) is 6.57. The summed E-state index contributed by atoms with van der Waals surface area (Å²) in [6.07, 6.45) is 0. The number of aryl methyl sites for hydroxylation is 2. The molecular weight excluding hydrogens is 334 g/mol. The van der Waals surface area contributed by atoms with E-state index in [0.29, 0.717) is 5.75 Å². The molecule has 5 nitrogen and oxygen atoms in total. The Balaban J connectivity index is 1.38. The summed E-state index contributed by atoms with van der Waals surface area (Å²) in [6.45, 7) is 8.14. The number of rotatable bonds is 6. The second kappa shape index (κ2) is 8.54. The fourth-order valence-corrected chi connectivity index (χ4v) is 3.89. The summed E-state index contributed by atoms with van der Waals surface area (Å²) in [7, 11) is 0. The number of hydrogen-bond acceptors (Lipinski definition) is 5. The highest BCUT2D eigenvalue weighted by Crippen LogP contribution is 2.15. The van der Waals surface area contributed by atoms with E-state index >= 15 is 0 Å². The van der Waals surface area contributed by atoms with Gasteiger partial charge in [0.25, 0.3) is 0 Å². The maximum absolute atomic E-state index is 12.4. The summed E-state index contributed by atoms with van der Waals surface area (Å²) in [5.74, 6) is 2.58. The fraction of sp³-hybridized carbons (Fsp3) is 0.474. The third-order valence-electron chi connectivity index (χ3n) is 4.36. The van der Waals surface area contributed by atoms with Crippen LogP contribution in [-0.2, 0) is 17.1 Å². The molecular formula is C19H25N3O2S. The van der Waals surface area contributed by atoms with Crippen LogP contribution in [0.5, 0.6) is 0 Å². The zero-order valence-electron chi connectivity index (χ0n) is 14.9. The van der Waals surface area contributed by atoms with Crippen LogP contribution in [0.1, 0.15) is 22.6 Å². The molecule has 3 rings (SSSR count).